The van der Waals surface area contributed by atoms with Gasteiger partial charge in [-0.15, -0.1) is 13.2 Å². The Labute approximate surface area is 159 Å². The van der Waals surface area contributed by atoms with Crippen LogP contribution >= 0.6 is 11.6 Å². The van der Waals surface area contributed by atoms with Crippen LogP contribution in [0.1, 0.15) is 31.1 Å². The molecule has 1 N–H and O–H groups in total. The zero-order valence-corrected chi connectivity index (χ0v) is 15.3. The molecule has 1 unspecified atom stereocenters. The van der Waals surface area contributed by atoms with Gasteiger partial charge in [-0.05, 0) is 35.9 Å². The molecule has 0 spiro atoms. The standard InChI is InChI=1S/C20H16ClF3N2O/c1-19(2)13-10-12(27-20(22,23)24)7-9-15(13)26-18(19)16-8-6-11-4-3-5-14(21)17(11)25-16/h3-10,18,26H,1-2H3. The largest absolute Gasteiger partial charge is 0.573 e. The van der Waals surface area contributed by atoms with E-state index in [1.54, 1.807) is 12.1 Å². The molecule has 0 amide bonds. The first-order valence-corrected chi connectivity index (χ1v) is 8.75. The highest BCUT2D eigenvalue weighted by Crippen LogP contribution is 2.49. The Morgan fingerprint density at radius 1 is 1.11 bits per heavy atom. The maximum Gasteiger partial charge on any atom is 0.573 e. The van der Waals surface area contributed by atoms with Crippen LogP contribution < -0.4 is 10.1 Å². The SMILES string of the molecule is CC1(C)c2cc(OC(F)(F)F)ccc2NC1c1ccc2cccc(Cl)c2n1. The van der Waals surface area contributed by atoms with Gasteiger partial charge in [-0.3, -0.25) is 0 Å². The van der Waals surface area contributed by atoms with Crippen molar-refractivity contribution in [2.45, 2.75) is 31.7 Å². The Bertz CT molecular complexity index is 1030. The molecule has 4 rings (SSSR count). The topological polar surface area (TPSA) is 34.1 Å². The Hall–Kier alpha value is -2.47. The number of aromatic nitrogens is 1. The maximum absolute atomic E-state index is 12.6. The summed E-state index contributed by atoms with van der Waals surface area (Å²) in [6, 6.07) is 13.6. The fraction of sp³-hybridized carbons (Fsp3) is 0.250. The number of nitrogens with zero attached hydrogens (tertiary/aromatic N) is 1. The molecule has 3 aromatic rings. The first-order valence-electron chi connectivity index (χ1n) is 8.37. The van der Waals surface area contributed by atoms with Crippen LogP contribution in [0, 0.1) is 0 Å². The third-order valence-electron chi connectivity index (χ3n) is 4.93. The highest BCUT2D eigenvalue weighted by atomic mass is 35.5. The summed E-state index contributed by atoms with van der Waals surface area (Å²) in [5.41, 5.74) is 2.49. The molecule has 1 aliphatic rings. The second-order valence-electron chi connectivity index (χ2n) is 7.10. The molecular formula is C20H16ClF3N2O. The van der Waals surface area contributed by atoms with Gasteiger partial charge in [0.05, 0.1) is 22.3 Å². The van der Waals surface area contributed by atoms with Gasteiger partial charge in [0.25, 0.3) is 0 Å². The van der Waals surface area contributed by atoms with Crippen molar-refractivity contribution in [3.8, 4) is 5.75 Å². The van der Waals surface area contributed by atoms with Gasteiger partial charge in [0, 0.05) is 16.5 Å². The quantitative estimate of drug-likeness (QED) is 0.561. The van der Waals surface area contributed by atoms with Crippen LogP contribution in [-0.2, 0) is 5.41 Å². The number of benzene rings is 2. The van der Waals surface area contributed by atoms with Crippen LogP contribution in [0.15, 0.2) is 48.5 Å². The number of para-hydroxylation sites is 1. The molecule has 140 valence electrons. The number of hydrogen-bond donors (Lipinski definition) is 1. The number of anilines is 1. The van der Waals surface area contributed by atoms with Crippen LogP contribution in [0.5, 0.6) is 5.75 Å². The Balaban J connectivity index is 1.74. The Morgan fingerprint density at radius 2 is 1.89 bits per heavy atom. The van der Waals surface area contributed by atoms with Crippen molar-refractivity contribution in [1.29, 1.82) is 0 Å². The number of halogens is 4. The molecule has 27 heavy (non-hydrogen) atoms. The van der Waals surface area contributed by atoms with Crippen LogP contribution in [-0.4, -0.2) is 11.3 Å². The van der Waals surface area contributed by atoms with Gasteiger partial charge in [0.15, 0.2) is 0 Å². The van der Waals surface area contributed by atoms with Crippen LogP contribution in [0.4, 0.5) is 18.9 Å². The lowest BCUT2D eigenvalue weighted by Crippen LogP contribution is -2.26. The summed E-state index contributed by atoms with van der Waals surface area (Å²) in [5, 5.41) is 4.86. The molecule has 2 heterocycles. The number of alkyl halides is 3. The number of pyridine rings is 1. The lowest BCUT2D eigenvalue weighted by molar-refractivity contribution is -0.274. The second-order valence-corrected chi connectivity index (χ2v) is 7.51. The minimum absolute atomic E-state index is 0.214. The summed E-state index contributed by atoms with van der Waals surface area (Å²) >= 11 is 6.27. The molecule has 1 atom stereocenters. The lowest BCUT2D eigenvalue weighted by atomic mass is 9.79. The molecule has 0 aliphatic carbocycles. The van der Waals surface area contributed by atoms with Crippen molar-refractivity contribution < 1.29 is 17.9 Å². The van der Waals surface area contributed by atoms with Crippen LogP contribution in [0.25, 0.3) is 10.9 Å². The number of fused-ring (bicyclic) bond motifs is 2. The van der Waals surface area contributed by atoms with E-state index in [9.17, 15) is 13.2 Å². The highest BCUT2D eigenvalue weighted by Gasteiger charge is 2.42. The highest BCUT2D eigenvalue weighted by molar-refractivity contribution is 6.35. The zero-order valence-electron chi connectivity index (χ0n) is 14.6. The molecule has 0 radical (unpaired) electrons. The van der Waals surface area contributed by atoms with E-state index in [2.05, 4.69) is 10.1 Å². The van der Waals surface area contributed by atoms with E-state index in [0.717, 1.165) is 22.3 Å². The van der Waals surface area contributed by atoms with Crippen molar-refractivity contribution >= 4 is 28.2 Å². The maximum atomic E-state index is 12.6. The molecule has 2 aromatic carbocycles. The minimum Gasteiger partial charge on any atom is -0.406 e. The summed E-state index contributed by atoms with van der Waals surface area (Å²) < 4.78 is 41.7. The van der Waals surface area contributed by atoms with Gasteiger partial charge in [-0.1, -0.05) is 43.6 Å². The van der Waals surface area contributed by atoms with E-state index in [-0.39, 0.29) is 11.8 Å². The molecule has 0 bridgehead atoms. The van der Waals surface area contributed by atoms with Crippen molar-refractivity contribution in [2.24, 2.45) is 0 Å². The molecule has 3 nitrogen and oxygen atoms in total. The summed E-state index contributed by atoms with van der Waals surface area (Å²) in [6.45, 7) is 3.93. The van der Waals surface area contributed by atoms with Crippen molar-refractivity contribution in [3.63, 3.8) is 0 Å². The van der Waals surface area contributed by atoms with E-state index in [0.29, 0.717) is 10.5 Å². The fourth-order valence-corrected chi connectivity index (χ4v) is 3.83. The van der Waals surface area contributed by atoms with E-state index < -0.39 is 11.8 Å². The van der Waals surface area contributed by atoms with Gasteiger partial charge in [0.2, 0.25) is 0 Å². The minimum atomic E-state index is -4.72. The third-order valence-corrected chi connectivity index (χ3v) is 5.23. The molecular weight excluding hydrogens is 377 g/mol. The fourth-order valence-electron chi connectivity index (χ4n) is 3.60. The van der Waals surface area contributed by atoms with Gasteiger partial charge in [-0.2, -0.15) is 0 Å². The number of nitrogens with one attached hydrogen (secondary N) is 1. The third kappa shape index (κ3) is 3.18. The number of ether oxygens (including phenoxy) is 1. The summed E-state index contributed by atoms with van der Waals surface area (Å²) in [5.74, 6) is -0.230. The summed E-state index contributed by atoms with van der Waals surface area (Å²) in [7, 11) is 0. The normalized spacial score (nSPS) is 18.2. The molecule has 0 saturated heterocycles. The lowest BCUT2D eigenvalue weighted by Gasteiger charge is -2.27. The molecule has 1 aliphatic heterocycles. The smallest absolute Gasteiger partial charge is 0.406 e. The monoisotopic (exact) mass is 392 g/mol. The molecule has 0 fully saturated rings. The van der Waals surface area contributed by atoms with Gasteiger partial charge < -0.3 is 10.1 Å². The van der Waals surface area contributed by atoms with E-state index in [4.69, 9.17) is 16.6 Å². The van der Waals surface area contributed by atoms with E-state index in [1.165, 1.54) is 12.1 Å². The predicted octanol–water partition coefficient (Wildman–Crippen LogP) is 6.23. The van der Waals surface area contributed by atoms with Gasteiger partial charge in [0.1, 0.15) is 5.75 Å². The Kier molecular flexibility index (Phi) is 4.00. The second kappa shape index (κ2) is 6.02. The zero-order chi connectivity index (χ0) is 19.4. The van der Waals surface area contributed by atoms with E-state index in [1.807, 2.05) is 38.1 Å². The van der Waals surface area contributed by atoms with E-state index >= 15 is 0 Å². The molecule has 1 aromatic heterocycles. The van der Waals surface area contributed by atoms with Crippen molar-refractivity contribution in [2.75, 3.05) is 5.32 Å². The number of hydrogen-bond acceptors (Lipinski definition) is 3. The van der Waals surface area contributed by atoms with Crippen LogP contribution in [0.2, 0.25) is 5.02 Å². The van der Waals surface area contributed by atoms with Crippen molar-refractivity contribution in [1.82, 2.24) is 4.98 Å². The average molecular weight is 393 g/mol. The summed E-state index contributed by atoms with van der Waals surface area (Å²) in [4.78, 5) is 4.71. The average Bonchev–Trinajstić information content (AvgIpc) is 2.85. The van der Waals surface area contributed by atoms with Gasteiger partial charge in [-0.25, -0.2) is 4.98 Å². The Morgan fingerprint density at radius 3 is 2.63 bits per heavy atom. The van der Waals surface area contributed by atoms with Crippen LogP contribution in [0.3, 0.4) is 0 Å². The summed E-state index contributed by atoms with van der Waals surface area (Å²) in [6.07, 6.45) is -4.72. The number of rotatable bonds is 2. The first kappa shape index (κ1) is 17.9. The van der Waals surface area contributed by atoms with Gasteiger partial charge >= 0.3 is 6.36 Å². The molecule has 7 heteroatoms. The first-order chi connectivity index (χ1) is 12.6. The predicted molar refractivity (Wildman–Crippen MR) is 99.3 cm³/mol. The molecule has 0 saturated carbocycles. The van der Waals surface area contributed by atoms with Crippen molar-refractivity contribution in [3.05, 3.63) is 64.8 Å².